The molecule has 2 aromatic heterocycles. The highest BCUT2D eigenvalue weighted by molar-refractivity contribution is 5.42. The summed E-state index contributed by atoms with van der Waals surface area (Å²) in [4.78, 5) is 7.10. The predicted molar refractivity (Wildman–Crippen MR) is 67.7 cm³/mol. The average Bonchev–Trinajstić information content (AvgIpc) is 2.93. The molecule has 4 nitrogen and oxygen atoms in total. The molecular weight excluding hydrogens is 212 g/mol. The zero-order valence-corrected chi connectivity index (χ0v) is 10.1. The minimum absolute atomic E-state index is 0.473. The van der Waals surface area contributed by atoms with Crippen LogP contribution in [0.15, 0.2) is 24.4 Å². The first-order valence-electron chi connectivity index (χ1n) is 6.17. The number of aromatic nitrogens is 2. The normalized spacial score (nSPS) is 21.4. The lowest BCUT2D eigenvalue weighted by Crippen LogP contribution is -2.17. The van der Waals surface area contributed by atoms with Gasteiger partial charge in [0.25, 0.3) is 0 Å². The lowest BCUT2D eigenvalue weighted by Gasteiger charge is -2.16. The molecule has 2 aromatic rings. The SMILES string of the molecule is CN1CCCC1c1cn2c(CN)cccc2n1. The fourth-order valence-corrected chi connectivity index (χ4v) is 2.70. The topological polar surface area (TPSA) is 46.6 Å². The van der Waals surface area contributed by atoms with Crippen LogP contribution in [-0.4, -0.2) is 27.9 Å². The molecule has 0 amide bonds. The first kappa shape index (κ1) is 10.7. The quantitative estimate of drug-likeness (QED) is 0.851. The standard InChI is InChI=1S/C13H18N4/c1-16-7-3-5-12(16)11-9-17-10(8-14)4-2-6-13(17)15-11/h2,4,6,9,12H,3,5,7-8,14H2,1H3. The van der Waals surface area contributed by atoms with Crippen LogP contribution < -0.4 is 5.73 Å². The second-order valence-electron chi connectivity index (χ2n) is 4.75. The van der Waals surface area contributed by atoms with Crippen LogP contribution in [0.25, 0.3) is 5.65 Å². The third-order valence-electron chi connectivity index (χ3n) is 3.67. The van der Waals surface area contributed by atoms with Gasteiger partial charge in [0, 0.05) is 18.4 Å². The van der Waals surface area contributed by atoms with E-state index in [0.717, 1.165) is 11.3 Å². The van der Waals surface area contributed by atoms with Crippen molar-refractivity contribution in [3.05, 3.63) is 35.8 Å². The van der Waals surface area contributed by atoms with Crippen LogP contribution in [-0.2, 0) is 6.54 Å². The average molecular weight is 230 g/mol. The van der Waals surface area contributed by atoms with E-state index in [0.29, 0.717) is 12.6 Å². The first-order valence-corrected chi connectivity index (χ1v) is 6.17. The van der Waals surface area contributed by atoms with Crippen molar-refractivity contribution in [1.29, 1.82) is 0 Å². The highest BCUT2D eigenvalue weighted by Gasteiger charge is 2.24. The fraction of sp³-hybridized carbons (Fsp3) is 0.462. The lowest BCUT2D eigenvalue weighted by atomic mass is 10.2. The number of hydrogen-bond donors (Lipinski definition) is 1. The van der Waals surface area contributed by atoms with E-state index < -0.39 is 0 Å². The zero-order valence-electron chi connectivity index (χ0n) is 10.1. The Labute approximate surface area is 101 Å². The monoisotopic (exact) mass is 230 g/mol. The number of fused-ring (bicyclic) bond motifs is 1. The smallest absolute Gasteiger partial charge is 0.137 e. The Kier molecular flexibility index (Phi) is 2.61. The van der Waals surface area contributed by atoms with Crippen molar-refractivity contribution in [2.24, 2.45) is 5.73 Å². The van der Waals surface area contributed by atoms with Gasteiger partial charge in [0.1, 0.15) is 5.65 Å². The molecule has 1 atom stereocenters. The van der Waals surface area contributed by atoms with Gasteiger partial charge in [-0.3, -0.25) is 4.90 Å². The largest absolute Gasteiger partial charge is 0.325 e. The van der Waals surface area contributed by atoms with E-state index in [1.54, 1.807) is 0 Å². The Morgan fingerprint density at radius 3 is 3.06 bits per heavy atom. The van der Waals surface area contributed by atoms with Gasteiger partial charge in [-0.05, 0) is 38.6 Å². The molecule has 1 aliphatic rings. The summed E-state index contributed by atoms with van der Waals surface area (Å²) < 4.78 is 2.11. The van der Waals surface area contributed by atoms with Crippen LogP contribution in [0.4, 0.5) is 0 Å². The summed E-state index contributed by atoms with van der Waals surface area (Å²) in [7, 11) is 2.17. The number of pyridine rings is 1. The highest BCUT2D eigenvalue weighted by atomic mass is 15.2. The summed E-state index contributed by atoms with van der Waals surface area (Å²) in [5, 5.41) is 0. The molecule has 0 aromatic carbocycles. The number of imidazole rings is 1. The summed E-state index contributed by atoms with van der Waals surface area (Å²) in [6, 6.07) is 6.58. The summed E-state index contributed by atoms with van der Waals surface area (Å²) in [6.45, 7) is 1.72. The lowest BCUT2D eigenvalue weighted by molar-refractivity contribution is 0.313. The molecule has 1 aliphatic heterocycles. The zero-order chi connectivity index (χ0) is 11.8. The van der Waals surface area contributed by atoms with Crippen molar-refractivity contribution in [1.82, 2.24) is 14.3 Å². The highest BCUT2D eigenvalue weighted by Crippen LogP contribution is 2.29. The van der Waals surface area contributed by atoms with Crippen molar-refractivity contribution >= 4 is 5.65 Å². The number of hydrogen-bond acceptors (Lipinski definition) is 3. The molecule has 0 radical (unpaired) electrons. The molecule has 3 rings (SSSR count). The van der Waals surface area contributed by atoms with Crippen LogP contribution in [0.3, 0.4) is 0 Å². The van der Waals surface area contributed by atoms with Gasteiger partial charge < -0.3 is 10.1 Å². The van der Waals surface area contributed by atoms with Gasteiger partial charge in [0.05, 0.1) is 11.7 Å². The van der Waals surface area contributed by atoms with E-state index in [9.17, 15) is 0 Å². The van der Waals surface area contributed by atoms with Gasteiger partial charge in [-0.25, -0.2) is 4.98 Å². The number of nitrogens with zero attached hydrogens (tertiary/aromatic N) is 3. The molecule has 0 bridgehead atoms. The second kappa shape index (κ2) is 4.13. The second-order valence-corrected chi connectivity index (χ2v) is 4.75. The third kappa shape index (κ3) is 1.73. The molecule has 0 aliphatic carbocycles. The molecule has 2 N–H and O–H groups in total. The molecule has 90 valence electrons. The van der Waals surface area contributed by atoms with Crippen molar-refractivity contribution in [3.63, 3.8) is 0 Å². The molecule has 0 spiro atoms. The molecule has 17 heavy (non-hydrogen) atoms. The van der Waals surface area contributed by atoms with Crippen LogP contribution in [0.5, 0.6) is 0 Å². The van der Waals surface area contributed by atoms with Crippen LogP contribution in [0.1, 0.15) is 30.3 Å². The van der Waals surface area contributed by atoms with Crippen molar-refractivity contribution in [2.45, 2.75) is 25.4 Å². The summed E-state index contributed by atoms with van der Waals surface area (Å²) in [5.74, 6) is 0. The van der Waals surface area contributed by atoms with Crippen molar-refractivity contribution in [2.75, 3.05) is 13.6 Å². The van der Waals surface area contributed by atoms with E-state index >= 15 is 0 Å². The molecular formula is C13H18N4. The summed E-state index contributed by atoms with van der Waals surface area (Å²) in [5.41, 5.74) is 9.03. The molecule has 1 unspecified atom stereocenters. The maximum Gasteiger partial charge on any atom is 0.137 e. The van der Waals surface area contributed by atoms with Gasteiger partial charge in [-0.1, -0.05) is 6.07 Å². The Hall–Kier alpha value is -1.39. The van der Waals surface area contributed by atoms with E-state index in [1.165, 1.54) is 25.1 Å². The van der Waals surface area contributed by atoms with E-state index in [4.69, 9.17) is 10.7 Å². The van der Waals surface area contributed by atoms with E-state index in [1.807, 2.05) is 12.1 Å². The van der Waals surface area contributed by atoms with E-state index in [2.05, 4.69) is 28.6 Å². The maximum atomic E-state index is 5.75. The van der Waals surface area contributed by atoms with Crippen LogP contribution in [0, 0.1) is 0 Å². The molecule has 0 saturated carbocycles. The minimum atomic E-state index is 0.473. The Morgan fingerprint density at radius 2 is 2.35 bits per heavy atom. The van der Waals surface area contributed by atoms with Crippen LogP contribution >= 0.6 is 0 Å². The maximum absolute atomic E-state index is 5.75. The minimum Gasteiger partial charge on any atom is -0.325 e. The Morgan fingerprint density at radius 1 is 1.47 bits per heavy atom. The van der Waals surface area contributed by atoms with Crippen LogP contribution in [0.2, 0.25) is 0 Å². The molecule has 1 saturated heterocycles. The Bertz CT molecular complexity index is 531. The number of likely N-dealkylation sites (tertiary alicyclic amines) is 1. The predicted octanol–water partition coefficient (Wildman–Crippen LogP) is 1.56. The number of nitrogens with two attached hydrogens (primary N) is 1. The third-order valence-corrected chi connectivity index (χ3v) is 3.67. The molecule has 1 fully saturated rings. The van der Waals surface area contributed by atoms with Gasteiger partial charge in [0.15, 0.2) is 0 Å². The van der Waals surface area contributed by atoms with Gasteiger partial charge in [-0.2, -0.15) is 0 Å². The van der Waals surface area contributed by atoms with Gasteiger partial charge >= 0.3 is 0 Å². The van der Waals surface area contributed by atoms with E-state index in [-0.39, 0.29) is 0 Å². The Balaban J connectivity index is 2.07. The van der Waals surface area contributed by atoms with Gasteiger partial charge in [-0.15, -0.1) is 0 Å². The molecule has 4 heteroatoms. The number of rotatable bonds is 2. The summed E-state index contributed by atoms with van der Waals surface area (Å²) >= 11 is 0. The first-order chi connectivity index (χ1) is 8.29. The fourth-order valence-electron chi connectivity index (χ4n) is 2.70. The van der Waals surface area contributed by atoms with Crippen molar-refractivity contribution < 1.29 is 0 Å². The van der Waals surface area contributed by atoms with Gasteiger partial charge in [0.2, 0.25) is 0 Å². The summed E-state index contributed by atoms with van der Waals surface area (Å²) in [6.07, 6.45) is 4.61. The van der Waals surface area contributed by atoms with Crippen molar-refractivity contribution in [3.8, 4) is 0 Å². The molecule has 3 heterocycles.